The fourth-order valence-corrected chi connectivity index (χ4v) is 5.19. The lowest BCUT2D eigenvalue weighted by Gasteiger charge is -2.18. The Balaban J connectivity index is 0.000000163. The van der Waals surface area contributed by atoms with Crippen LogP contribution in [-0.4, -0.2) is 10.2 Å². The molecular formula is C37H48O2. The van der Waals surface area contributed by atoms with Crippen LogP contribution in [0, 0.1) is 0 Å². The maximum atomic E-state index is 9.78. The van der Waals surface area contributed by atoms with E-state index in [-0.39, 0.29) is 0 Å². The molecule has 39 heavy (non-hydrogen) atoms. The normalized spacial score (nSPS) is 17.5. The highest BCUT2D eigenvalue weighted by atomic mass is 16.3. The molecule has 4 unspecified atom stereocenters. The van der Waals surface area contributed by atoms with Crippen molar-refractivity contribution in [2.75, 3.05) is 0 Å². The molecule has 2 N–H and O–H groups in total. The third-order valence-electron chi connectivity index (χ3n) is 8.57. The van der Waals surface area contributed by atoms with E-state index in [9.17, 15) is 5.11 Å². The van der Waals surface area contributed by atoms with Crippen molar-refractivity contribution in [3.63, 3.8) is 0 Å². The lowest BCUT2D eigenvalue weighted by molar-refractivity contribution is 0.0786. The topological polar surface area (TPSA) is 40.5 Å². The summed E-state index contributed by atoms with van der Waals surface area (Å²) in [5.41, 5.74) is 5.96. The van der Waals surface area contributed by atoms with Gasteiger partial charge in [0.25, 0.3) is 0 Å². The maximum Gasteiger partial charge on any atom is 0.115 e. The number of rotatable bonds is 5. The molecule has 0 saturated heterocycles. The molecule has 1 aliphatic rings. The number of aromatic hydroxyl groups is 1. The van der Waals surface area contributed by atoms with E-state index in [4.69, 9.17) is 5.11 Å². The minimum absolute atomic E-state index is 0.344. The fraction of sp³-hybridized carbons (Fsp3) is 0.405. The highest BCUT2D eigenvalue weighted by molar-refractivity contribution is 5.92. The Morgan fingerprint density at radius 2 is 1.08 bits per heavy atom. The van der Waals surface area contributed by atoms with Crippen molar-refractivity contribution in [2.24, 2.45) is 0 Å². The Morgan fingerprint density at radius 1 is 0.667 bits per heavy atom. The van der Waals surface area contributed by atoms with Gasteiger partial charge in [-0.25, -0.2) is 0 Å². The molecule has 0 spiro atoms. The second-order valence-corrected chi connectivity index (χ2v) is 11.8. The van der Waals surface area contributed by atoms with Gasteiger partial charge in [-0.3, -0.25) is 0 Å². The molecule has 2 nitrogen and oxygen atoms in total. The van der Waals surface area contributed by atoms with E-state index in [0.717, 1.165) is 18.4 Å². The predicted octanol–water partition coefficient (Wildman–Crippen LogP) is 10.4. The van der Waals surface area contributed by atoms with Gasteiger partial charge in [0, 0.05) is 0 Å². The van der Waals surface area contributed by atoms with E-state index in [1.54, 1.807) is 12.1 Å². The smallest absolute Gasteiger partial charge is 0.115 e. The molecule has 0 fully saturated rings. The van der Waals surface area contributed by atoms with Crippen LogP contribution >= 0.6 is 0 Å². The van der Waals surface area contributed by atoms with E-state index in [1.165, 1.54) is 33.0 Å². The Kier molecular flexibility index (Phi) is 10.4. The number of hydrogen-bond donors (Lipinski definition) is 2. The number of phenols is 1. The fourth-order valence-electron chi connectivity index (χ4n) is 5.19. The monoisotopic (exact) mass is 524 g/mol. The predicted molar refractivity (Wildman–Crippen MR) is 168 cm³/mol. The van der Waals surface area contributed by atoms with Crippen LogP contribution in [0.3, 0.4) is 0 Å². The van der Waals surface area contributed by atoms with Crippen LogP contribution in [0.15, 0.2) is 84.9 Å². The van der Waals surface area contributed by atoms with E-state index < -0.39 is 5.60 Å². The molecule has 4 aromatic carbocycles. The summed E-state index contributed by atoms with van der Waals surface area (Å²) in [6.45, 7) is 17.0. The van der Waals surface area contributed by atoms with Gasteiger partial charge >= 0.3 is 0 Å². The Labute approximate surface area is 236 Å². The molecule has 4 atom stereocenters. The van der Waals surface area contributed by atoms with Crippen LogP contribution in [0.1, 0.15) is 120 Å². The quantitative estimate of drug-likeness (QED) is 0.272. The number of benzene rings is 4. The van der Waals surface area contributed by atoms with Crippen molar-refractivity contribution < 1.29 is 10.2 Å². The largest absolute Gasteiger partial charge is 0.508 e. The van der Waals surface area contributed by atoms with Gasteiger partial charge in [-0.15, -0.1) is 0 Å². The SMILES string of the molecule is CC1c2cccc3cccc(c23)C1C.CCC(C)c1ccc(C(C)(C)O)cc1.CCC(C)c1ccc(O)cc1. The molecule has 0 amide bonds. The molecule has 208 valence electrons. The number of aliphatic hydroxyl groups is 1. The van der Waals surface area contributed by atoms with Crippen molar-refractivity contribution in [2.45, 2.75) is 97.5 Å². The lowest BCUT2D eigenvalue weighted by Crippen LogP contribution is -2.15. The summed E-state index contributed by atoms with van der Waals surface area (Å²) < 4.78 is 0. The van der Waals surface area contributed by atoms with E-state index >= 15 is 0 Å². The van der Waals surface area contributed by atoms with Crippen molar-refractivity contribution in [3.8, 4) is 5.75 Å². The summed E-state index contributed by atoms with van der Waals surface area (Å²) in [5, 5.41) is 21.7. The number of phenolic OH excluding ortho intramolecular Hbond substituents is 1. The highest BCUT2D eigenvalue weighted by Crippen LogP contribution is 2.45. The van der Waals surface area contributed by atoms with Gasteiger partial charge in [0.15, 0.2) is 0 Å². The van der Waals surface area contributed by atoms with Crippen molar-refractivity contribution in [1.29, 1.82) is 0 Å². The maximum absolute atomic E-state index is 9.78. The molecule has 0 aromatic heterocycles. The molecule has 0 aliphatic heterocycles. The van der Waals surface area contributed by atoms with Gasteiger partial charge in [0.1, 0.15) is 5.75 Å². The first kappa shape index (κ1) is 30.4. The summed E-state index contributed by atoms with van der Waals surface area (Å²) in [5.74, 6) is 2.89. The third kappa shape index (κ3) is 7.51. The number of hydrogen-bond acceptors (Lipinski definition) is 2. The molecule has 0 heterocycles. The summed E-state index contributed by atoms with van der Waals surface area (Å²) in [4.78, 5) is 0. The molecule has 4 aromatic rings. The molecule has 0 radical (unpaired) electrons. The standard InChI is InChI=1S/C14H14.C13H20O.C10H14O/c1-9-10(2)13-8-4-6-11-5-3-7-12(9)14(11)13;1-5-10(2)11-6-8-12(9-7-11)13(3,4)14;1-3-8(2)9-4-6-10(11)7-5-9/h3-10H,1-2H3;6-10,14H,5H2,1-4H3;4-8,11H,3H2,1-2H3. The summed E-state index contributed by atoms with van der Waals surface area (Å²) in [6.07, 6.45) is 2.30. The molecular weight excluding hydrogens is 476 g/mol. The van der Waals surface area contributed by atoms with Crippen LogP contribution in [0.4, 0.5) is 0 Å². The second kappa shape index (κ2) is 13.3. The van der Waals surface area contributed by atoms with Crippen molar-refractivity contribution >= 4 is 10.8 Å². The first-order valence-electron chi connectivity index (χ1n) is 14.6. The van der Waals surface area contributed by atoms with Gasteiger partial charge in [-0.05, 0) is 101 Å². The highest BCUT2D eigenvalue weighted by Gasteiger charge is 2.27. The van der Waals surface area contributed by atoms with Crippen LogP contribution in [-0.2, 0) is 5.60 Å². The van der Waals surface area contributed by atoms with Gasteiger partial charge in [-0.1, -0.05) is 114 Å². The lowest BCUT2D eigenvalue weighted by atomic mass is 9.93. The van der Waals surface area contributed by atoms with E-state index in [2.05, 4.69) is 90.1 Å². The van der Waals surface area contributed by atoms with Crippen molar-refractivity contribution in [1.82, 2.24) is 0 Å². The Bertz CT molecular complexity index is 1270. The van der Waals surface area contributed by atoms with Crippen molar-refractivity contribution in [3.05, 3.63) is 113 Å². The average molecular weight is 525 g/mol. The van der Waals surface area contributed by atoms with Gasteiger partial charge in [0.2, 0.25) is 0 Å². The molecule has 0 bridgehead atoms. The zero-order valence-electron chi connectivity index (χ0n) is 25.2. The summed E-state index contributed by atoms with van der Waals surface area (Å²) in [6, 6.07) is 29.0. The minimum atomic E-state index is -0.728. The average Bonchev–Trinajstić information content (AvgIpc) is 3.19. The van der Waals surface area contributed by atoms with Crippen LogP contribution in [0.5, 0.6) is 5.75 Å². The molecule has 5 rings (SSSR count). The summed E-state index contributed by atoms with van der Waals surface area (Å²) >= 11 is 0. The third-order valence-corrected chi connectivity index (χ3v) is 8.57. The second-order valence-electron chi connectivity index (χ2n) is 11.8. The zero-order chi connectivity index (χ0) is 28.7. The van der Waals surface area contributed by atoms with Gasteiger partial charge in [0.05, 0.1) is 5.60 Å². The molecule has 0 saturated carbocycles. The van der Waals surface area contributed by atoms with Gasteiger partial charge < -0.3 is 10.2 Å². The first-order valence-corrected chi connectivity index (χ1v) is 14.6. The Morgan fingerprint density at radius 3 is 1.46 bits per heavy atom. The van der Waals surface area contributed by atoms with Crippen LogP contribution in [0.2, 0.25) is 0 Å². The minimum Gasteiger partial charge on any atom is -0.508 e. The summed E-state index contributed by atoms with van der Waals surface area (Å²) in [7, 11) is 0. The van der Waals surface area contributed by atoms with Crippen LogP contribution < -0.4 is 0 Å². The van der Waals surface area contributed by atoms with Crippen LogP contribution in [0.25, 0.3) is 10.8 Å². The van der Waals surface area contributed by atoms with Gasteiger partial charge in [-0.2, -0.15) is 0 Å². The van der Waals surface area contributed by atoms with E-state index in [1.807, 2.05) is 38.1 Å². The zero-order valence-corrected chi connectivity index (χ0v) is 25.2. The first-order chi connectivity index (χ1) is 18.5. The molecule has 2 heteroatoms. The van der Waals surface area contributed by atoms with E-state index in [0.29, 0.717) is 29.4 Å². The molecule has 1 aliphatic carbocycles. The Hall–Kier alpha value is -3.10.